The Labute approximate surface area is 138 Å². The second kappa shape index (κ2) is 6.62. The number of carbonyl (C=O) groups is 1. The van der Waals surface area contributed by atoms with Crippen LogP contribution in [0.3, 0.4) is 0 Å². The van der Waals surface area contributed by atoms with Crippen molar-refractivity contribution in [3.63, 3.8) is 0 Å². The van der Waals surface area contributed by atoms with Crippen LogP contribution in [-0.2, 0) is 9.53 Å². The molecule has 0 atom stereocenters. The molecule has 23 heavy (non-hydrogen) atoms. The van der Waals surface area contributed by atoms with Gasteiger partial charge in [0, 0.05) is 5.56 Å². The van der Waals surface area contributed by atoms with Gasteiger partial charge in [0.05, 0.1) is 4.88 Å². The van der Waals surface area contributed by atoms with Crippen molar-refractivity contribution in [2.75, 3.05) is 6.61 Å². The second-order valence-corrected chi connectivity index (χ2v) is 6.04. The van der Waals surface area contributed by atoms with Crippen molar-refractivity contribution in [1.29, 1.82) is 0 Å². The molecule has 116 valence electrons. The Hall–Kier alpha value is -2.66. The topological polar surface area (TPSA) is 47.9 Å². The summed E-state index contributed by atoms with van der Waals surface area (Å²) >= 11 is 1.48. The minimum Gasteiger partial charge on any atom is -0.489 e. The number of nitrogens with zero attached hydrogens (tertiary/aromatic N) is 1. The number of para-hydroxylation sites is 1. The van der Waals surface area contributed by atoms with Crippen LogP contribution in [0.1, 0.15) is 17.4 Å². The highest BCUT2D eigenvalue weighted by Crippen LogP contribution is 2.25. The van der Waals surface area contributed by atoms with Gasteiger partial charge in [-0.3, -0.25) is 0 Å². The fourth-order valence-electron chi connectivity index (χ4n) is 1.99. The molecule has 0 N–H and O–H groups in total. The highest BCUT2D eigenvalue weighted by Gasteiger charge is 2.25. The smallest absolute Gasteiger partial charge is 0.363 e. The van der Waals surface area contributed by atoms with Crippen molar-refractivity contribution in [3.05, 3.63) is 70.1 Å². The zero-order valence-corrected chi connectivity index (χ0v) is 13.4. The molecule has 1 aromatic heterocycles. The van der Waals surface area contributed by atoms with Crippen molar-refractivity contribution in [2.24, 2.45) is 4.99 Å². The summed E-state index contributed by atoms with van der Waals surface area (Å²) in [6, 6.07) is 11.2. The number of rotatable bonds is 5. The number of benzene rings is 1. The fraction of sp³-hybridized carbons (Fsp3) is 0.111. The lowest BCUT2D eigenvalue weighted by Gasteiger charge is -2.08. The summed E-state index contributed by atoms with van der Waals surface area (Å²) in [5.41, 5.74) is 1.96. The summed E-state index contributed by atoms with van der Waals surface area (Å²) < 4.78 is 10.9. The summed E-state index contributed by atoms with van der Waals surface area (Å²) in [7, 11) is 0. The molecule has 4 nitrogen and oxygen atoms in total. The van der Waals surface area contributed by atoms with E-state index in [1.165, 1.54) is 11.3 Å². The number of carbonyl (C=O) groups excluding carboxylic acids is 1. The molecule has 0 unspecified atom stereocenters. The number of ether oxygens (including phenoxy) is 2. The van der Waals surface area contributed by atoms with Gasteiger partial charge < -0.3 is 9.47 Å². The third kappa shape index (κ3) is 3.57. The summed E-state index contributed by atoms with van der Waals surface area (Å²) in [6.45, 7) is 6.14. The van der Waals surface area contributed by atoms with Crippen LogP contribution in [0.4, 0.5) is 0 Å². The predicted octanol–water partition coefficient (Wildman–Crippen LogP) is 4.05. The SMILES string of the molecule is C=C(C)COc1ccccc1/C=C1\N=C(c2cccs2)OC1=O. The maximum atomic E-state index is 12.0. The van der Waals surface area contributed by atoms with Crippen LogP contribution in [-0.4, -0.2) is 18.5 Å². The Kier molecular flexibility index (Phi) is 4.39. The van der Waals surface area contributed by atoms with Crippen LogP contribution in [0.2, 0.25) is 0 Å². The van der Waals surface area contributed by atoms with Gasteiger partial charge in [0.1, 0.15) is 12.4 Å². The monoisotopic (exact) mass is 325 g/mol. The molecule has 0 bridgehead atoms. The maximum Gasteiger partial charge on any atom is 0.363 e. The van der Waals surface area contributed by atoms with Crippen LogP contribution in [0.15, 0.2) is 64.6 Å². The van der Waals surface area contributed by atoms with E-state index in [-0.39, 0.29) is 5.70 Å². The minimum absolute atomic E-state index is 0.264. The number of thiophene rings is 1. The number of hydrogen-bond donors (Lipinski definition) is 0. The maximum absolute atomic E-state index is 12.0. The molecular formula is C18H15NO3S. The normalized spacial score (nSPS) is 15.4. The molecular weight excluding hydrogens is 310 g/mol. The molecule has 0 spiro atoms. The quantitative estimate of drug-likeness (QED) is 0.473. The Morgan fingerprint density at radius 1 is 1.35 bits per heavy atom. The molecule has 0 amide bonds. The summed E-state index contributed by atoms with van der Waals surface area (Å²) in [5, 5.41) is 1.91. The van der Waals surface area contributed by atoms with Crippen LogP contribution >= 0.6 is 11.3 Å². The van der Waals surface area contributed by atoms with Gasteiger partial charge in [-0.2, -0.15) is 0 Å². The van der Waals surface area contributed by atoms with E-state index in [9.17, 15) is 4.79 Å². The van der Waals surface area contributed by atoms with E-state index >= 15 is 0 Å². The Morgan fingerprint density at radius 3 is 2.91 bits per heavy atom. The number of hydrogen-bond acceptors (Lipinski definition) is 5. The summed E-state index contributed by atoms with van der Waals surface area (Å²) in [6.07, 6.45) is 1.68. The standard InChI is InChI=1S/C18H15NO3S/c1-12(2)11-21-15-7-4-3-6-13(15)10-14-18(20)22-17(19-14)16-8-5-9-23-16/h3-10H,1,11H2,2H3/b14-10-. The van der Waals surface area contributed by atoms with Crippen LogP contribution < -0.4 is 4.74 Å². The van der Waals surface area contributed by atoms with E-state index in [4.69, 9.17) is 9.47 Å². The van der Waals surface area contributed by atoms with Crippen molar-refractivity contribution < 1.29 is 14.3 Å². The molecule has 1 aliphatic heterocycles. The van der Waals surface area contributed by atoms with Crippen molar-refractivity contribution in [2.45, 2.75) is 6.92 Å². The lowest BCUT2D eigenvalue weighted by atomic mass is 10.1. The minimum atomic E-state index is -0.455. The first-order chi connectivity index (χ1) is 11.1. The van der Waals surface area contributed by atoms with Crippen molar-refractivity contribution >= 4 is 29.3 Å². The molecule has 1 aliphatic rings. The zero-order valence-electron chi connectivity index (χ0n) is 12.6. The average Bonchev–Trinajstić information content (AvgIpc) is 3.17. The second-order valence-electron chi connectivity index (χ2n) is 5.10. The van der Waals surface area contributed by atoms with Gasteiger partial charge in [-0.05, 0) is 36.1 Å². The largest absolute Gasteiger partial charge is 0.489 e. The molecule has 1 aromatic carbocycles. The van der Waals surface area contributed by atoms with Gasteiger partial charge in [0.2, 0.25) is 5.90 Å². The first-order valence-electron chi connectivity index (χ1n) is 7.06. The summed E-state index contributed by atoms with van der Waals surface area (Å²) in [5.74, 6) is 0.565. The molecule has 5 heteroatoms. The lowest BCUT2D eigenvalue weighted by Crippen LogP contribution is -2.03. The third-order valence-corrected chi connectivity index (χ3v) is 3.90. The molecule has 0 aliphatic carbocycles. The first kappa shape index (κ1) is 15.2. The molecule has 2 heterocycles. The lowest BCUT2D eigenvalue weighted by molar-refractivity contribution is -0.129. The van der Waals surface area contributed by atoms with Gasteiger partial charge in [0.15, 0.2) is 5.70 Å². The Morgan fingerprint density at radius 2 is 2.17 bits per heavy atom. The van der Waals surface area contributed by atoms with E-state index < -0.39 is 5.97 Å². The van der Waals surface area contributed by atoms with Gasteiger partial charge in [-0.25, -0.2) is 9.79 Å². The molecule has 2 aromatic rings. The molecule has 0 radical (unpaired) electrons. The van der Waals surface area contributed by atoms with Crippen LogP contribution in [0, 0.1) is 0 Å². The number of esters is 1. The molecule has 0 saturated heterocycles. The average molecular weight is 325 g/mol. The highest BCUT2D eigenvalue weighted by atomic mass is 32.1. The third-order valence-electron chi connectivity index (χ3n) is 3.04. The van der Waals surface area contributed by atoms with Crippen LogP contribution in [0.25, 0.3) is 6.08 Å². The van der Waals surface area contributed by atoms with Crippen LogP contribution in [0.5, 0.6) is 5.75 Å². The Bertz CT molecular complexity index is 803. The first-order valence-corrected chi connectivity index (χ1v) is 7.94. The number of cyclic esters (lactones) is 1. The van der Waals surface area contributed by atoms with Gasteiger partial charge >= 0.3 is 5.97 Å². The van der Waals surface area contributed by atoms with Crippen molar-refractivity contribution in [1.82, 2.24) is 0 Å². The van der Waals surface area contributed by atoms with Crippen molar-refractivity contribution in [3.8, 4) is 5.75 Å². The zero-order chi connectivity index (χ0) is 16.2. The number of aliphatic imine (C=N–C) groups is 1. The van der Waals surface area contributed by atoms with E-state index in [0.717, 1.165) is 16.0 Å². The van der Waals surface area contributed by atoms with E-state index in [1.807, 2.05) is 48.7 Å². The van der Waals surface area contributed by atoms with Gasteiger partial charge in [0.25, 0.3) is 0 Å². The fourth-order valence-corrected chi connectivity index (χ4v) is 2.64. The van der Waals surface area contributed by atoms with Gasteiger partial charge in [-0.15, -0.1) is 11.3 Å². The van der Waals surface area contributed by atoms with E-state index in [1.54, 1.807) is 6.08 Å². The highest BCUT2D eigenvalue weighted by molar-refractivity contribution is 7.12. The molecule has 0 saturated carbocycles. The predicted molar refractivity (Wildman–Crippen MR) is 91.7 cm³/mol. The van der Waals surface area contributed by atoms with Gasteiger partial charge in [-0.1, -0.05) is 30.8 Å². The van der Waals surface area contributed by atoms with E-state index in [0.29, 0.717) is 18.3 Å². The summed E-state index contributed by atoms with van der Waals surface area (Å²) in [4.78, 5) is 17.1. The molecule has 3 rings (SSSR count). The molecule has 0 fully saturated rings. The van der Waals surface area contributed by atoms with E-state index in [2.05, 4.69) is 11.6 Å². The Balaban J connectivity index is 1.89.